The second kappa shape index (κ2) is 5.27. The summed E-state index contributed by atoms with van der Waals surface area (Å²) in [6.45, 7) is 0. The Morgan fingerprint density at radius 1 is 0.933 bits per heavy atom. The summed E-state index contributed by atoms with van der Waals surface area (Å²) in [5, 5.41) is 0.576. The zero-order valence-electron chi connectivity index (χ0n) is 6.88. The van der Waals surface area contributed by atoms with Crippen LogP contribution < -0.4 is 0 Å². The molecule has 0 amide bonds. The van der Waals surface area contributed by atoms with Gasteiger partial charge in [-0.1, -0.05) is 58.0 Å². The number of hydrogen-bond acceptors (Lipinski definition) is 0. The molecule has 0 aliphatic heterocycles. The quantitative estimate of drug-likeness (QED) is 0.523. The van der Waals surface area contributed by atoms with Crippen molar-refractivity contribution < 1.29 is 0 Å². The molecule has 0 saturated heterocycles. The van der Waals surface area contributed by atoms with Crippen LogP contribution in [0, 0.1) is 0 Å². The summed E-state index contributed by atoms with van der Waals surface area (Å²) in [5.74, 6) is 0. The van der Waals surface area contributed by atoms with Crippen molar-refractivity contribution in [2.75, 3.05) is 0 Å². The zero-order valence-corrected chi connectivity index (χ0v) is 12.2. The summed E-state index contributed by atoms with van der Waals surface area (Å²) < 4.78 is -1.65. The van der Waals surface area contributed by atoms with Gasteiger partial charge >= 0.3 is 0 Å². The molecule has 0 aliphatic rings. The van der Waals surface area contributed by atoms with Crippen LogP contribution in [0.2, 0.25) is 10.0 Å². The average Bonchev–Trinajstić information content (AvgIpc) is 2.06. The number of hydrogen-bond donors (Lipinski definition) is 0. The first-order chi connectivity index (χ1) is 6.73. The second-order valence-electron chi connectivity index (χ2n) is 2.65. The lowest BCUT2D eigenvalue weighted by molar-refractivity contribution is 1.16. The van der Waals surface area contributed by atoms with Crippen molar-refractivity contribution in [1.82, 2.24) is 0 Å². The molecule has 0 saturated carbocycles. The normalized spacial score (nSPS) is 12.3. The highest BCUT2D eigenvalue weighted by Gasteiger charge is 2.29. The Bertz CT molecular complexity index is 366. The van der Waals surface area contributed by atoms with E-state index in [0.29, 0.717) is 16.1 Å². The Labute approximate surface area is 122 Å². The molecule has 1 aromatic carbocycles. The van der Waals surface area contributed by atoms with Gasteiger partial charge in [0.25, 0.3) is 0 Å². The van der Waals surface area contributed by atoms with Crippen LogP contribution in [0.15, 0.2) is 12.1 Å². The van der Waals surface area contributed by atoms with Crippen LogP contribution in [0.4, 0.5) is 0 Å². The molecule has 84 valence electrons. The van der Waals surface area contributed by atoms with Gasteiger partial charge in [0.1, 0.15) is 4.84 Å². The first-order valence-electron chi connectivity index (χ1n) is 3.57. The topological polar surface area (TPSA) is 0 Å². The minimum atomic E-state index is -1.65. The maximum Gasteiger partial charge on any atom is 0.216 e. The van der Waals surface area contributed by atoms with E-state index < -0.39 is 8.63 Å². The van der Waals surface area contributed by atoms with Gasteiger partial charge in [0, 0.05) is 5.56 Å². The van der Waals surface area contributed by atoms with Crippen molar-refractivity contribution >= 4 is 81.2 Å². The van der Waals surface area contributed by atoms with Crippen LogP contribution in [-0.4, -0.2) is 0 Å². The third-order valence-corrected chi connectivity index (χ3v) is 3.44. The highest BCUT2D eigenvalue weighted by atomic mass is 35.6. The molecular weight excluding hydrogens is 344 g/mol. The summed E-state index contributed by atoms with van der Waals surface area (Å²) in [6.07, 6.45) is 0. The van der Waals surface area contributed by atoms with Crippen molar-refractivity contribution in [3.63, 3.8) is 0 Å². The van der Waals surface area contributed by atoms with Crippen molar-refractivity contribution in [3.05, 3.63) is 33.3 Å². The Balaban J connectivity index is 3.42. The standard InChI is InChI=1S/C8H3Cl7/c9-5-1-3(7(11)12)4(2-6(5)10)8(13,14)15/h1-2,7H. The van der Waals surface area contributed by atoms with E-state index in [2.05, 4.69) is 0 Å². The fourth-order valence-electron chi connectivity index (χ4n) is 0.988. The van der Waals surface area contributed by atoms with E-state index in [4.69, 9.17) is 81.2 Å². The molecular formula is C8H3Cl7. The first kappa shape index (κ1) is 14.3. The molecule has 0 bridgehead atoms. The molecule has 0 heterocycles. The minimum Gasteiger partial charge on any atom is -0.100 e. The summed E-state index contributed by atoms with van der Waals surface area (Å²) in [6, 6.07) is 2.91. The van der Waals surface area contributed by atoms with Crippen molar-refractivity contribution in [1.29, 1.82) is 0 Å². The van der Waals surface area contributed by atoms with Gasteiger partial charge in [-0.3, -0.25) is 0 Å². The van der Waals surface area contributed by atoms with E-state index in [1.165, 1.54) is 12.1 Å². The molecule has 0 aromatic heterocycles. The van der Waals surface area contributed by atoms with Crippen LogP contribution in [-0.2, 0) is 3.79 Å². The lowest BCUT2D eigenvalue weighted by Gasteiger charge is -2.18. The lowest BCUT2D eigenvalue weighted by Crippen LogP contribution is -2.05. The predicted octanol–water partition coefficient (Wildman–Crippen LogP) is 6.30. The highest BCUT2D eigenvalue weighted by Crippen LogP contribution is 2.46. The Hall–Kier alpha value is 1.25. The first-order valence-corrected chi connectivity index (χ1v) is 6.34. The van der Waals surface area contributed by atoms with Crippen LogP contribution in [0.5, 0.6) is 0 Å². The number of halogens is 7. The van der Waals surface area contributed by atoms with E-state index >= 15 is 0 Å². The molecule has 0 radical (unpaired) electrons. The molecule has 1 rings (SSSR count). The number of benzene rings is 1. The van der Waals surface area contributed by atoms with E-state index in [1.807, 2.05) is 0 Å². The summed E-state index contributed by atoms with van der Waals surface area (Å²) in [5.41, 5.74) is 0.740. The largest absolute Gasteiger partial charge is 0.216 e. The molecule has 0 spiro atoms. The van der Waals surface area contributed by atoms with Crippen LogP contribution in [0.1, 0.15) is 16.0 Å². The number of rotatable bonds is 1. The van der Waals surface area contributed by atoms with Gasteiger partial charge in [-0.15, -0.1) is 23.2 Å². The zero-order chi connectivity index (χ0) is 11.8. The average molecular weight is 347 g/mol. The van der Waals surface area contributed by atoms with E-state index in [9.17, 15) is 0 Å². The number of alkyl halides is 5. The molecule has 0 fully saturated rings. The van der Waals surface area contributed by atoms with Gasteiger partial charge in [-0.25, -0.2) is 0 Å². The Morgan fingerprint density at radius 3 is 1.80 bits per heavy atom. The monoisotopic (exact) mass is 344 g/mol. The van der Waals surface area contributed by atoms with Gasteiger partial charge < -0.3 is 0 Å². The van der Waals surface area contributed by atoms with Crippen LogP contribution in [0.25, 0.3) is 0 Å². The fourth-order valence-corrected chi connectivity index (χ4v) is 2.18. The third-order valence-electron chi connectivity index (χ3n) is 1.63. The van der Waals surface area contributed by atoms with Crippen LogP contribution >= 0.6 is 81.2 Å². The smallest absolute Gasteiger partial charge is 0.100 e. The van der Waals surface area contributed by atoms with Gasteiger partial charge in [-0.2, -0.15) is 0 Å². The van der Waals surface area contributed by atoms with Gasteiger partial charge in [0.05, 0.1) is 10.0 Å². The summed E-state index contributed by atoms with van der Waals surface area (Å²) in [7, 11) is 0. The Kier molecular flexibility index (Phi) is 5.02. The highest BCUT2D eigenvalue weighted by molar-refractivity contribution is 6.67. The Morgan fingerprint density at radius 2 is 1.40 bits per heavy atom. The van der Waals surface area contributed by atoms with Crippen molar-refractivity contribution in [3.8, 4) is 0 Å². The summed E-state index contributed by atoms with van der Waals surface area (Å²) >= 11 is 40.3. The molecule has 1 aromatic rings. The van der Waals surface area contributed by atoms with Crippen LogP contribution in [0.3, 0.4) is 0 Å². The van der Waals surface area contributed by atoms with Crippen molar-refractivity contribution in [2.45, 2.75) is 8.63 Å². The molecule has 0 nitrogen and oxygen atoms in total. The van der Waals surface area contributed by atoms with Gasteiger partial charge in [0.15, 0.2) is 0 Å². The molecule has 7 heteroatoms. The van der Waals surface area contributed by atoms with E-state index in [-0.39, 0.29) is 5.02 Å². The van der Waals surface area contributed by atoms with Crippen molar-refractivity contribution in [2.24, 2.45) is 0 Å². The SMILES string of the molecule is Clc1cc(C(Cl)Cl)c(C(Cl)(Cl)Cl)cc1Cl. The molecule has 15 heavy (non-hydrogen) atoms. The second-order valence-corrected chi connectivity index (χ2v) is 6.84. The maximum absolute atomic E-state index is 5.80. The minimum absolute atomic E-state index is 0.274. The molecule has 0 aliphatic carbocycles. The predicted molar refractivity (Wildman–Crippen MR) is 70.1 cm³/mol. The molecule has 0 N–H and O–H groups in total. The van der Waals surface area contributed by atoms with E-state index in [0.717, 1.165) is 0 Å². The molecule has 0 atom stereocenters. The maximum atomic E-state index is 5.80. The van der Waals surface area contributed by atoms with Gasteiger partial charge in [0.2, 0.25) is 3.79 Å². The van der Waals surface area contributed by atoms with Gasteiger partial charge in [-0.05, 0) is 17.7 Å². The molecule has 0 unspecified atom stereocenters. The third kappa shape index (κ3) is 3.61. The summed E-state index contributed by atoms with van der Waals surface area (Å²) in [4.78, 5) is -0.842. The van der Waals surface area contributed by atoms with E-state index in [1.54, 1.807) is 0 Å². The lowest BCUT2D eigenvalue weighted by atomic mass is 10.1. The fraction of sp³-hybridized carbons (Fsp3) is 0.250.